The summed E-state index contributed by atoms with van der Waals surface area (Å²) in [7, 11) is 1.97. The second-order valence-corrected chi connectivity index (χ2v) is 2.51. The number of hydrogen-bond acceptors (Lipinski definition) is 2. The maximum Gasteiger partial charge on any atom is 0.0592 e. The summed E-state index contributed by atoms with van der Waals surface area (Å²) in [5, 5.41) is 6.43. The molecule has 0 bridgehead atoms. The number of likely N-dealkylation sites (N-methyl/N-ethyl adjacent to an activating group) is 1. The van der Waals surface area contributed by atoms with Gasteiger partial charge in [-0.05, 0) is 26.2 Å². The third kappa shape index (κ3) is 1.61. The Morgan fingerprint density at radius 2 is 2.30 bits per heavy atom. The van der Waals surface area contributed by atoms with Crippen molar-refractivity contribution in [2.45, 2.75) is 19.0 Å². The summed E-state index contributed by atoms with van der Waals surface area (Å²) < 4.78 is 0. The van der Waals surface area contributed by atoms with E-state index in [4.69, 9.17) is 0 Å². The average Bonchev–Trinajstić information content (AvgIpc) is 2.05. The third-order valence-corrected chi connectivity index (χ3v) is 1.81. The van der Waals surface area contributed by atoms with Gasteiger partial charge in [-0.25, -0.2) is 0 Å². The highest BCUT2D eigenvalue weighted by atomic mass is 15.0. The molecule has 0 fully saturated rings. The molecule has 10 heavy (non-hydrogen) atoms. The zero-order valence-electron chi connectivity index (χ0n) is 6.46. The normalized spacial score (nSPS) is 26.0. The average molecular weight is 138 g/mol. The van der Waals surface area contributed by atoms with Crippen molar-refractivity contribution in [2.24, 2.45) is 0 Å². The second-order valence-electron chi connectivity index (χ2n) is 2.51. The molecule has 0 spiro atoms. The fraction of sp³-hybridized carbons (Fsp3) is 0.500. The lowest BCUT2D eigenvalue weighted by Gasteiger charge is -2.22. The summed E-state index contributed by atoms with van der Waals surface area (Å²) in [6.45, 7) is 2.15. The van der Waals surface area contributed by atoms with Crippen LogP contribution in [0, 0.1) is 0 Å². The van der Waals surface area contributed by atoms with Crippen LogP contribution in [0.5, 0.6) is 0 Å². The van der Waals surface area contributed by atoms with Crippen LogP contribution in [0.2, 0.25) is 0 Å². The van der Waals surface area contributed by atoms with Gasteiger partial charge in [0, 0.05) is 6.04 Å². The molecule has 0 aromatic rings. The van der Waals surface area contributed by atoms with E-state index < -0.39 is 0 Å². The van der Waals surface area contributed by atoms with E-state index in [1.165, 1.54) is 0 Å². The lowest BCUT2D eigenvalue weighted by Crippen LogP contribution is -2.42. The third-order valence-electron chi connectivity index (χ3n) is 1.81. The SMILES string of the molecule is CNC(C)C1C=CC=CN1. The molecule has 56 valence electrons. The van der Waals surface area contributed by atoms with Crippen LogP contribution in [0.4, 0.5) is 0 Å². The highest BCUT2D eigenvalue weighted by molar-refractivity contribution is 5.13. The van der Waals surface area contributed by atoms with E-state index >= 15 is 0 Å². The molecule has 0 radical (unpaired) electrons. The van der Waals surface area contributed by atoms with Crippen LogP contribution in [-0.4, -0.2) is 19.1 Å². The van der Waals surface area contributed by atoms with Crippen LogP contribution in [-0.2, 0) is 0 Å². The van der Waals surface area contributed by atoms with E-state index in [0.29, 0.717) is 12.1 Å². The number of nitrogens with one attached hydrogen (secondary N) is 2. The number of allylic oxidation sites excluding steroid dienone is 2. The highest BCUT2D eigenvalue weighted by Crippen LogP contribution is 1.98. The van der Waals surface area contributed by atoms with Crippen LogP contribution in [0.3, 0.4) is 0 Å². The van der Waals surface area contributed by atoms with Gasteiger partial charge in [0.25, 0.3) is 0 Å². The zero-order chi connectivity index (χ0) is 7.40. The molecule has 2 heteroatoms. The van der Waals surface area contributed by atoms with Gasteiger partial charge in [0.15, 0.2) is 0 Å². The molecule has 0 aromatic carbocycles. The minimum Gasteiger partial charge on any atom is -0.383 e. The largest absolute Gasteiger partial charge is 0.383 e. The summed E-state index contributed by atoms with van der Waals surface area (Å²) in [5.41, 5.74) is 0. The maximum atomic E-state index is 3.24. The van der Waals surface area contributed by atoms with E-state index in [1.54, 1.807) is 0 Å². The van der Waals surface area contributed by atoms with E-state index in [2.05, 4.69) is 29.7 Å². The van der Waals surface area contributed by atoms with Gasteiger partial charge in [-0.2, -0.15) is 0 Å². The van der Waals surface area contributed by atoms with Crippen molar-refractivity contribution < 1.29 is 0 Å². The lowest BCUT2D eigenvalue weighted by atomic mass is 10.1. The van der Waals surface area contributed by atoms with Gasteiger partial charge in [0.2, 0.25) is 0 Å². The molecule has 0 saturated carbocycles. The Labute approximate surface area is 62.0 Å². The van der Waals surface area contributed by atoms with Crippen molar-refractivity contribution in [3.63, 3.8) is 0 Å². The Morgan fingerprint density at radius 3 is 2.80 bits per heavy atom. The number of rotatable bonds is 2. The molecule has 2 unspecified atom stereocenters. The van der Waals surface area contributed by atoms with Gasteiger partial charge in [0.1, 0.15) is 0 Å². The molecular weight excluding hydrogens is 124 g/mol. The minimum atomic E-state index is 0.440. The van der Waals surface area contributed by atoms with Crippen LogP contribution in [0.25, 0.3) is 0 Å². The molecule has 0 aromatic heterocycles. The fourth-order valence-corrected chi connectivity index (χ4v) is 0.952. The van der Waals surface area contributed by atoms with E-state index in [9.17, 15) is 0 Å². The Bertz CT molecular complexity index is 149. The van der Waals surface area contributed by atoms with Gasteiger partial charge >= 0.3 is 0 Å². The van der Waals surface area contributed by atoms with E-state index in [-0.39, 0.29) is 0 Å². The first-order valence-corrected chi connectivity index (χ1v) is 3.61. The van der Waals surface area contributed by atoms with Crippen LogP contribution in [0.1, 0.15) is 6.92 Å². The zero-order valence-corrected chi connectivity index (χ0v) is 6.46. The van der Waals surface area contributed by atoms with Crippen molar-refractivity contribution >= 4 is 0 Å². The first-order valence-electron chi connectivity index (χ1n) is 3.61. The van der Waals surface area contributed by atoms with Crippen molar-refractivity contribution in [1.29, 1.82) is 0 Å². The number of dihydropyridines is 1. The summed E-state index contributed by atoms with van der Waals surface area (Å²) in [6.07, 6.45) is 8.19. The lowest BCUT2D eigenvalue weighted by molar-refractivity contribution is 0.505. The predicted molar refractivity (Wildman–Crippen MR) is 43.7 cm³/mol. The minimum absolute atomic E-state index is 0.440. The maximum absolute atomic E-state index is 3.24. The Kier molecular flexibility index (Phi) is 2.51. The molecular formula is C8H14N2. The molecule has 0 amide bonds. The summed E-state index contributed by atoms with van der Waals surface area (Å²) in [6, 6.07) is 0.927. The highest BCUT2D eigenvalue weighted by Gasteiger charge is 2.10. The van der Waals surface area contributed by atoms with Gasteiger partial charge in [-0.3, -0.25) is 0 Å². The van der Waals surface area contributed by atoms with Crippen molar-refractivity contribution in [3.8, 4) is 0 Å². The van der Waals surface area contributed by atoms with E-state index in [1.807, 2.05) is 19.3 Å². The van der Waals surface area contributed by atoms with Gasteiger partial charge in [0.05, 0.1) is 6.04 Å². The predicted octanol–water partition coefficient (Wildman–Crippen LogP) is 0.636. The first kappa shape index (κ1) is 7.35. The van der Waals surface area contributed by atoms with Crippen LogP contribution < -0.4 is 10.6 Å². The molecule has 1 rings (SSSR count). The molecule has 1 aliphatic heterocycles. The molecule has 2 atom stereocenters. The van der Waals surface area contributed by atoms with Crippen LogP contribution in [0.15, 0.2) is 24.4 Å². The monoisotopic (exact) mass is 138 g/mol. The van der Waals surface area contributed by atoms with Crippen LogP contribution >= 0.6 is 0 Å². The van der Waals surface area contributed by atoms with Crippen molar-refractivity contribution in [2.75, 3.05) is 7.05 Å². The van der Waals surface area contributed by atoms with Crippen molar-refractivity contribution in [3.05, 3.63) is 24.4 Å². The Balaban J connectivity index is 2.42. The number of hydrogen-bond donors (Lipinski definition) is 2. The topological polar surface area (TPSA) is 24.1 Å². The molecule has 1 heterocycles. The van der Waals surface area contributed by atoms with Crippen molar-refractivity contribution in [1.82, 2.24) is 10.6 Å². The summed E-state index contributed by atoms with van der Waals surface area (Å²) in [4.78, 5) is 0. The smallest absolute Gasteiger partial charge is 0.0592 e. The second kappa shape index (κ2) is 3.42. The van der Waals surface area contributed by atoms with Gasteiger partial charge in [-0.15, -0.1) is 0 Å². The summed E-state index contributed by atoms with van der Waals surface area (Å²) >= 11 is 0. The Hall–Kier alpha value is -0.760. The molecule has 2 N–H and O–H groups in total. The molecule has 0 aliphatic carbocycles. The summed E-state index contributed by atoms with van der Waals surface area (Å²) in [5.74, 6) is 0. The van der Waals surface area contributed by atoms with Gasteiger partial charge in [-0.1, -0.05) is 12.2 Å². The van der Waals surface area contributed by atoms with Gasteiger partial charge < -0.3 is 10.6 Å². The standard InChI is InChI=1S/C8H14N2/c1-7(9-2)8-5-3-4-6-10-8/h3-10H,1-2H3. The first-order chi connectivity index (χ1) is 4.84. The van der Waals surface area contributed by atoms with E-state index in [0.717, 1.165) is 0 Å². The fourth-order valence-electron chi connectivity index (χ4n) is 0.952. The quantitative estimate of drug-likeness (QED) is 0.585. The molecule has 2 nitrogen and oxygen atoms in total. The Morgan fingerprint density at radius 1 is 1.50 bits per heavy atom. The molecule has 0 saturated heterocycles. The molecule has 1 aliphatic rings.